The molecule has 2 aromatic carbocycles. The molecular weight excluding hydrogens is 406 g/mol. The molecule has 0 aliphatic rings. The highest BCUT2D eigenvalue weighted by Gasteiger charge is 2.17. The first-order valence-electron chi connectivity index (χ1n) is 9.54. The molecule has 0 heterocycles. The monoisotopic (exact) mass is 435 g/mol. The Balaban J connectivity index is 0.00000450. The normalized spacial score (nSPS) is 11.2. The minimum Gasteiger partial charge on any atom is -0.493 e. The third-order valence-corrected chi connectivity index (χ3v) is 4.40. The Kier molecular flexibility index (Phi) is 10.7. The van der Waals surface area contributed by atoms with Crippen LogP contribution in [0.25, 0.3) is 0 Å². The molecular formula is C22H30ClN3O4. The average molecular weight is 436 g/mol. The molecule has 1 atom stereocenters. The molecule has 7 nitrogen and oxygen atoms in total. The number of hydrogen-bond acceptors (Lipinski definition) is 5. The molecule has 0 saturated heterocycles. The first-order chi connectivity index (χ1) is 13.9. The molecule has 0 unspecified atom stereocenters. The van der Waals surface area contributed by atoms with Crippen LogP contribution in [-0.2, 0) is 22.7 Å². The van der Waals surface area contributed by atoms with Crippen molar-refractivity contribution in [2.75, 3.05) is 13.7 Å². The van der Waals surface area contributed by atoms with E-state index in [9.17, 15) is 9.59 Å². The largest absolute Gasteiger partial charge is 0.493 e. The van der Waals surface area contributed by atoms with Crippen LogP contribution in [0.2, 0.25) is 0 Å². The molecule has 164 valence electrons. The van der Waals surface area contributed by atoms with E-state index < -0.39 is 6.04 Å². The van der Waals surface area contributed by atoms with Crippen molar-refractivity contribution in [2.24, 2.45) is 11.7 Å². The van der Waals surface area contributed by atoms with Crippen LogP contribution in [0.1, 0.15) is 25.0 Å². The van der Waals surface area contributed by atoms with E-state index in [1.54, 1.807) is 7.11 Å². The first-order valence-corrected chi connectivity index (χ1v) is 9.54. The molecule has 0 radical (unpaired) electrons. The molecule has 0 aliphatic carbocycles. The van der Waals surface area contributed by atoms with Crippen LogP contribution in [-0.4, -0.2) is 31.5 Å². The molecule has 4 N–H and O–H groups in total. The number of carbonyl (C=O) groups excluding carboxylic acids is 2. The minimum atomic E-state index is -0.629. The van der Waals surface area contributed by atoms with E-state index in [0.717, 1.165) is 11.1 Å². The van der Waals surface area contributed by atoms with Crippen LogP contribution in [0.3, 0.4) is 0 Å². The summed E-state index contributed by atoms with van der Waals surface area (Å²) in [6, 6.07) is 14.7. The Morgan fingerprint density at radius 1 is 1.00 bits per heavy atom. The molecule has 2 amide bonds. The highest BCUT2D eigenvalue weighted by Crippen LogP contribution is 2.28. The Hall–Kier alpha value is -2.77. The molecule has 0 aromatic heterocycles. The number of halogens is 1. The lowest BCUT2D eigenvalue weighted by Gasteiger charge is -2.15. The fraction of sp³-hybridized carbons (Fsp3) is 0.364. The van der Waals surface area contributed by atoms with Crippen LogP contribution in [0.15, 0.2) is 48.5 Å². The molecule has 0 spiro atoms. The van der Waals surface area contributed by atoms with E-state index in [-0.39, 0.29) is 36.7 Å². The maximum Gasteiger partial charge on any atom is 0.239 e. The fourth-order valence-electron chi connectivity index (χ4n) is 2.53. The third kappa shape index (κ3) is 7.93. The van der Waals surface area contributed by atoms with Gasteiger partial charge in [0.2, 0.25) is 11.8 Å². The van der Waals surface area contributed by atoms with Gasteiger partial charge in [-0.15, -0.1) is 12.4 Å². The zero-order valence-electron chi connectivity index (χ0n) is 17.5. The van der Waals surface area contributed by atoms with Gasteiger partial charge in [0.05, 0.1) is 19.7 Å². The molecule has 0 fully saturated rings. The SMILES string of the molecule is COc1cc(CNC(=O)CNC(=O)[C@@H](N)C(C)C)ccc1OCc1ccccc1.Cl. The Morgan fingerprint density at radius 3 is 2.33 bits per heavy atom. The molecule has 0 bridgehead atoms. The lowest BCUT2D eigenvalue weighted by Crippen LogP contribution is -2.47. The second kappa shape index (κ2) is 12.7. The van der Waals surface area contributed by atoms with Gasteiger partial charge in [-0.1, -0.05) is 50.2 Å². The molecule has 30 heavy (non-hydrogen) atoms. The van der Waals surface area contributed by atoms with Gasteiger partial charge >= 0.3 is 0 Å². The number of amides is 2. The highest BCUT2D eigenvalue weighted by atomic mass is 35.5. The fourth-order valence-corrected chi connectivity index (χ4v) is 2.53. The molecule has 0 saturated carbocycles. The molecule has 8 heteroatoms. The van der Waals surface area contributed by atoms with E-state index in [1.807, 2.05) is 62.4 Å². The second-order valence-corrected chi connectivity index (χ2v) is 7.02. The summed E-state index contributed by atoms with van der Waals surface area (Å²) in [5.74, 6) is 0.591. The number of benzene rings is 2. The van der Waals surface area contributed by atoms with Crippen molar-refractivity contribution in [2.45, 2.75) is 33.0 Å². The van der Waals surface area contributed by atoms with Crippen molar-refractivity contribution < 1.29 is 19.1 Å². The number of rotatable bonds is 10. The van der Waals surface area contributed by atoms with Gasteiger partial charge in [0.25, 0.3) is 0 Å². The van der Waals surface area contributed by atoms with Crippen molar-refractivity contribution in [3.8, 4) is 11.5 Å². The highest BCUT2D eigenvalue weighted by molar-refractivity contribution is 5.87. The van der Waals surface area contributed by atoms with Gasteiger partial charge in [0.1, 0.15) is 6.61 Å². The zero-order chi connectivity index (χ0) is 21.2. The topological polar surface area (TPSA) is 103 Å². The van der Waals surface area contributed by atoms with Gasteiger partial charge in [-0.3, -0.25) is 9.59 Å². The van der Waals surface area contributed by atoms with Gasteiger partial charge < -0.3 is 25.8 Å². The van der Waals surface area contributed by atoms with Crippen molar-refractivity contribution >= 4 is 24.2 Å². The summed E-state index contributed by atoms with van der Waals surface area (Å²) < 4.78 is 11.2. The van der Waals surface area contributed by atoms with Crippen LogP contribution < -0.4 is 25.8 Å². The predicted octanol–water partition coefficient (Wildman–Crippen LogP) is 2.41. The number of hydrogen-bond donors (Lipinski definition) is 3. The zero-order valence-corrected chi connectivity index (χ0v) is 18.3. The van der Waals surface area contributed by atoms with Crippen LogP contribution in [0.4, 0.5) is 0 Å². The first kappa shape index (κ1) is 25.3. The summed E-state index contributed by atoms with van der Waals surface area (Å²) in [6.45, 7) is 4.33. The second-order valence-electron chi connectivity index (χ2n) is 7.02. The maximum atomic E-state index is 12.0. The van der Waals surface area contributed by atoms with Gasteiger partial charge in [-0.2, -0.15) is 0 Å². The predicted molar refractivity (Wildman–Crippen MR) is 119 cm³/mol. The smallest absolute Gasteiger partial charge is 0.239 e. The Bertz CT molecular complexity index is 815. The van der Waals surface area contributed by atoms with E-state index >= 15 is 0 Å². The van der Waals surface area contributed by atoms with E-state index in [4.69, 9.17) is 15.2 Å². The average Bonchev–Trinajstić information content (AvgIpc) is 2.74. The molecule has 2 rings (SSSR count). The minimum absolute atomic E-state index is 0. The lowest BCUT2D eigenvalue weighted by atomic mass is 10.1. The van der Waals surface area contributed by atoms with Crippen molar-refractivity contribution in [1.29, 1.82) is 0 Å². The number of nitrogens with two attached hydrogens (primary N) is 1. The van der Waals surface area contributed by atoms with Gasteiger partial charge in [-0.25, -0.2) is 0 Å². The molecule has 0 aliphatic heterocycles. The van der Waals surface area contributed by atoms with Crippen molar-refractivity contribution in [3.05, 3.63) is 59.7 Å². The number of methoxy groups -OCH3 is 1. The summed E-state index contributed by atoms with van der Waals surface area (Å²) in [7, 11) is 1.57. The van der Waals surface area contributed by atoms with Crippen molar-refractivity contribution in [3.63, 3.8) is 0 Å². The van der Waals surface area contributed by atoms with Crippen LogP contribution in [0.5, 0.6) is 11.5 Å². The van der Waals surface area contributed by atoms with Crippen LogP contribution >= 0.6 is 12.4 Å². The summed E-state index contributed by atoms with van der Waals surface area (Å²) in [5.41, 5.74) is 7.66. The van der Waals surface area contributed by atoms with E-state index in [0.29, 0.717) is 24.7 Å². The summed E-state index contributed by atoms with van der Waals surface area (Å²) in [4.78, 5) is 23.8. The van der Waals surface area contributed by atoms with Gasteiger partial charge in [-0.05, 0) is 29.2 Å². The van der Waals surface area contributed by atoms with Crippen LogP contribution in [0, 0.1) is 5.92 Å². The standard InChI is InChI=1S/C22H29N3O4.ClH/c1-15(2)21(23)22(27)25-13-20(26)24-12-17-9-10-18(19(11-17)28-3)29-14-16-7-5-4-6-8-16;/h4-11,15,21H,12-14,23H2,1-3H3,(H,24,26)(H,25,27);1H/t21-;/m0./s1. The Labute approximate surface area is 183 Å². The number of carbonyl (C=O) groups is 2. The van der Waals surface area contributed by atoms with Gasteiger partial charge in [0, 0.05) is 6.54 Å². The summed E-state index contributed by atoms with van der Waals surface area (Å²) in [6.07, 6.45) is 0. The number of nitrogens with one attached hydrogen (secondary N) is 2. The lowest BCUT2D eigenvalue weighted by molar-refractivity contribution is -0.127. The Morgan fingerprint density at radius 2 is 1.70 bits per heavy atom. The van der Waals surface area contributed by atoms with Gasteiger partial charge in [0.15, 0.2) is 11.5 Å². The summed E-state index contributed by atoms with van der Waals surface area (Å²) in [5, 5.41) is 5.30. The van der Waals surface area contributed by atoms with E-state index in [1.165, 1.54) is 0 Å². The summed E-state index contributed by atoms with van der Waals surface area (Å²) >= 11 is 0. The van der Waals surface area contributed by atoms with E-state index in [2.05, 4.69) is 10.6 Å². The molecule has 2 aromatic rings. The quantitative estimate of drug-likeness (QED) is 0.531. The van der Waals surface area contributed by atoms with Crippen molar-refractivity contribution in [1.82, 2.24) is 10.6 Å². The number of ether oxygens (including phenoxy) is 2. The maximum absolute atomic E-state index is 12.0. The third-order valence-electron chi connectivity index (χ3n) is 4.40.